The first-order chi connectivity index (χ1) is 31.9. The Hall–Kier alpha value is -1.12. The molecule has 6 aliphatic heterocycles. The molecule has 0 amide bonds. The van der Waals surface area contributed by atoms with Gasteiger partial charge < -0.3 is 140 Å². The molecule has 0 aliphatic carbocycles. The molecule has 0 bridgehead atoms. The van der Waals surface area contributed by atoms with Crippen LogP contribution in [0.2, 0.25) is 0 Å². The molecule has 0 aromatic carbocycles. The van der Waals surface area contributed by atoms with Crippen LogP contribution in [-0.4, -0.2) is 287 Å². The molecular formula is C40H72N2O26. The summed E-state index contributed by atoms with van der Waals surface area (Å²) >= 11 is 0. The van der Waals surface area contributed by atoms with Crippen LogP contribution in [0, 0.1) is 5.41 Å². The van der Waals surface area contributed by atoms with Gasteiger partial charge in [-0.15, -0.1) is 0 Å². The summed E-state index contributed by atoms with van der Waals surface area (Å²) in [6, 6.07) is -2.82. The number of rotatable bonds is 14. The van der Waals surface area contributed by atoms with Crippen molar-refractivity contribution in [3.05, 3.63) is 0 Å². The molecule has 28 heteroatoms. The molecule has 6 aliphatic rings. The monoisotopic (exact) mass is 996 g/mol. The van der Waals surface area contributed by atoms with E-state index in [1.165, 1.54) is 13.8 Å². The van der Waals surface area contributed by atoms with Gasteiger partial charge in [0.25, 0.3) is 0 Å². The van der Waals surface area contributed by atoms with Crippen LogP contribution in [0.25, 0.3) is 0 Å². The van der Waals surface area contributed by atoms with Gasteiger partial charge in [-0.2, -0.15) is 0 Å². The van der Waals surface area contributed by atoms with Crippen molar-refractivity contribution < 1.29 is 129 Å². The first-order valence-electron chi connectivity index (χ1n) is 22.5. The molecule has 13 unspecified atom stereocenters. The van der Waals surface area contributed by atoms with Crippen LogP contribution in [0.15, 0.2) is 0 Å². The Bertz CT molecular complexity index is 1580. The van der Waals surface area contributed by atoms with E-state index >= 15 is 0 Å². The average molecular weight is 997 g/mol. The highest BCUT2D eigenvalue weighted by molar-refractivity contribution is 5.03. The minimum Gasteiger partial charge on any atom is -0.394 e. The Labute approximate surface area is 390 Å². The Morgan fingerprint density at radius 1 is 0.353 bits per heavy atom. The molecule has 0 aromatic rings. The molecular weight excluding hydrogens is 924 g/mol. The molecule has 0 aromatic heterocycles. The molecule has 6 heterocycles. The van der Waals surface area contributed by atoms with Crippen molar-refractivity contribution in [1.29, 1.82) is 0 Å². The van der Waals surface area contributed by atoms with Crippen LogP contribution in [0.3, 0.4) is 0 Å². The number of aliphatic hydroxyl groups excluding tert-OH is 15. The van der Waals surface area contributed by atoms with Gasteiger partial charge in [0, 0.05) is 0 Å². The zero-order chi connectivity index (χ0) is 50.4. The van der Waals surface area contributed by atoms with Crippen molar-refractivity contribution in [2.24, 2.45) is 16.9 Å². The lowest BCUT2D eigenvalue weighted by atomic mass is 9.79. The van der Waals surface area contributed by atoms with Crippen LogP contribution in [0.1, 0.15) is 34.6 Å². The lowest BCUT2D eigenvalue weighted by Crippen LogP contribution is -2.71. The standard InChI is InChI=1S/C40H72N2O26/c1-10-18(47)23(52)26(55)36(58-10)66-31-17(42)35(67-32-22(51)14(8-45)61-38(28(32)57)65-30-16(41)34(40(3,4)5)60-13(7-44)21(30)50)63-15(9-46)29(31)64-39-33(25(54)20(49)12(6-43)62-39)68-37-27(56)24(53)19(48)11(2)59-37/h10-39,43-57H,6-9,41-42H2,1-5H3/t10?,11?,12?,13?,14?,15?,16?,17?,18-,19-,20+,21+,22+,23-,24?,25+,26?,27+,28?,29-,30-,31-,32+,33?,34-,35+,36+,37?,38+,39+/m1/s1. The van der Waals surface area contributed by atoms with Gasteiger partial charge in [0.1, 0.15) is 122 Å². The zero-order valence-corrected chi connectivity index (χ0v) is 38.0. The summed E-state index contributed by atoms with van der Waals surface area (Å²) < 4.78 is 65.1. The van der Waals surface area contributed by atoms with E-state index in [-0.39, 0.29) is 0 Å². The predicted molar refractivity (Wildman–Crippen MR) is 218 cm³/mol. The summed E-state index contributed by atoms with van der Waals surface area (Å²) in [4.78, 5) is 0. The number of aliphatic hydroxyl groups is 15. The third-order valence-corrected chi connectivity index (χ3v) is 13.4. The lowest BCUT2D eigenvalue weighted by Gasteiger charge is -2.52. The minimum absolute atomic E-state index is 0.645. The molecule has 0 spiro atoms. The SMILES string of the molecule is CC1OC(OC2[C@H](O[C@@H]3C(CO)O[C@@H](O[C@@H]4C(O)[C@H](O[C@@H]5C(N)[C@H](C(C)(C)C)OC(CO)[C@@H]5O)OC(CO)[C@@H]4O)C(N)[C@H]3O[C@@H]3OC(C)[C@@H](O)[C@@H](O)C3O)OC(CO)[C@H](O)[C@@H]2O)[C@@H](O)C(O)[C@@H]1O. The Balaban J connectivity index is 1.31. The normalized spacial score (nSPS) is 53.0. The Morgan fingerprint density at radius 3 is 1.26 bits per heavy atom. The van der Waals surface area contributed by atoms with Crippen LogP contribution in [0.4, 0.5) is 0 Å². The smallest absolute Gasteiger partial charge is 0.187 e. The van der Waals surface area contributed by atoms with Crippen molar-refractivity contribution in [2.45, 2.75) is 219 Å². The summed E-state index contributed by atoms with van der Waals surface area (Å²) in [6.07, 6.45) is -47.3. The highest BCUT2D eigenvalue weighted by Gasteiger charge is 2.58. The van der Waals surface area contributed by atoms with Crippen LogP contribution in [-0.2, 0) is 52.1 Å². The summed E-state index contributed by atoms with van der Waals surface area (Å²) in [5.74, 6) is 0. The van der Waals surface area contributed by atoms with Gasteiger partial charge in [-0.1, -0.05) is 20.8 Å². The van der Waals surface area contributed by atoms with Crippen molar-refractivity contribution >= 4 is 0 Å². The van der Waals surface area contributed by atoms with Crippen LogP contribution in [0.5, 0.6) is 0 Å². The third-order valence-electron chi connectivity index (χ3n) is 13.4. The minimum atomic E-state index is -2.01. The summed E-state index contributed by atoms with van der Waals surface area (Å²) in [6.45, 7) is 4.63. The number of ether oxygens (including phenoxy) is 11. The first kappa shape index (κ1) is 56.2. The van der Waals surface area contributed by atoms with Crippen molar-refractivity contribution in [2.75, 3.05) is 26.4 Å². The van der Waals surface area contributed by atoms with Gasteiger partial charge in [-0.3, -0.25) is 0 Å². The van der Waals surface area contributed by atoms with Gasteiger partial charge >= 0.3 is 0 Å². The predicted octanol–water partition coefficient (Wildman–Crippen LogP) is -10.0. The van der Waals surface area contributed by atoms with Crippen molar-refractivity contribution in [1.82, 2.24) is 0 Å². The molecule has 6 rings (SSSR count). The van der Waals surface area contributed by atoms with Crippen LogP contribution < -0.4 is 11.5 Å². The van der Waals surface area contributed by atoms with Gasteiger partial charge in [0.05, 0.1) is 56.8 Å². The van der Waals surface area contributed by atoms with Gasteiger partial charge in [0.15, 0.2) is 31.5 Å². The number of nitrogens with two attached hydrogens (primary N) is 2. The molecule has 68 heavy (non-hydrogen) atoms. The Kier molecular flexibility index (Phi) is 19.0. The van der Waals surface area contributed by atoms with E-state index in [4.69, 9.17) is 63.6 Å². The fourth-order valence-corrected chi connectivity index (χ4v) is 9.27. The fraction of sp³-hybridized carbons (Fsp3) is 1.00. The van der Waals surface area contributed by atoms with Crippen molar-refractivity contribution in [3.63, 3.8) is 0 Å². The first-order valence-corrected chi connectivity index (χ1v) is 22.5. The molecule has 6 saturated heterocycles. The van der Waals surface area contributed by atoms with E-state index in [0.29, 0.717) is 0 Å². The topological polar surface area (TPSA) is 457 Å². The maximum absolute atomic E-state index is 11.8. The maximum Gasteiger partial charge on any atom is 0.187 e. The average Bonchev–Trinajstić information content (AvgIpc) is 3.29. The fourth-order valence-electron chi connectivity index (χ4n) is 9.27. The Morgan fingerprint density at radius 2 is 0.750 bits per heavy atom. The zero-order valence-electron chi connectivity index (χ0n) is 38.0. The molecule has 0 saturated carbocycles. The van der Waals surface area contributed by atoms with Gasteiger partial charge in [0.2, 0.25) is 0 Å². The molecule has 28 nitrogen and oxygen atoms in total. The number of hydrogen-bond donors (Lipinski definition) is 17. The van der Waals surface area contributed by atoms with E-state index in [0.717, 1.165) is 0 Å². The van der Waals surface area contributed by atoms with E-state index in [1.54, 1.807) is 20.8 Å². The van der Waals surface area contributed by atoms with Gasteiger partial charge in [-0.25, -0.2) is 0 Å². The molecule has 398 valence electrons. The second-order valence-electron chi connectivity index (χ2n) is 19.3. The van der Waals surface area contributed by atoms with E-state index in [2.05, 4.69) is 0 Å². The molecule has 30 atom stereocenters. The molecule has 6 fully saturated rings. The van der Waals surface area contributed by atoms with E-state index in [1.807, 2.05) is 0 Å². The lowest BCUT2D eigenvalue weighted by molar-refractivity contribution is -0.399. The maximum atomic E-state index is 11.8. The highest BCUT2D eigenvalue weighted by atomic mass is 16.8. The van der Waals surface area contributed by atoms with E-state index in [9.17, 15) is 76.6 Å². The second-order valence-corrected chi connectivity index (χ2v) is 19.3. The second kappa shape index (κ2) is 23.0. The third kappa shape index (κ3) is 11.3. The quantitative estimate of drug-likeness (QED) is 0.0768. The summed E-state index contributed by atoms with van der Waals surface area (Å²) in [7, 11) is 0. The molecule has 0 radical (unpaired) electrons. The summed E-state index contributed by atoms with van der Waals surface area (Å²) in [5.41, 5.74) is 12.6. The number of hydrogen-bond acceptors (Lipinski definition) is 28. The van der Waals surface area contributed by atoms with E-state index < -0.39 is 216 Å². The van der Waals surface area contributed by atoms with Crippen molar-refractivity contribution in [3.8, 4) is 0 Å². The molecule has 19 N–H and O–H groups in total. The van der Waals surface area contributed by atoms with Crippen LogP contribution >= 0.6 is 0 Å². The summed E-state index contributed by atoms with van der Waals surface area (Å²) in [5, 5.41) is 161. The largest absolute Gasteiger partial charge is 0.394 e. The highest BCUT2D eigenvalue weighted by Crippen LogP contribution is 2.39. The van der Waals surface area contributed by atoms with Gasteiger partial charge in [-0.05, 0) is 19.3 Å².